The number of nitrogens with zero attached hydrogens (tertiary/aromatic N) is 2. The van der Waals surface area contributed by atoms with Crippen molar-refractivity contribution < 1.29 is 19.2 Å². The van der Waals surface area contributed by atoms with Crippen molar-refractivity contribution in [3.05, 3.63) is 23.0 Å². The van der Waals surface area contributed by atoms with Crippen molar-refractivity contribution in [2.75, 3.05) is 0 Å². The number of hydrogen-bond acceptors (Lipinski definition) is 5. The third kappa shape index (κ3) is 2.46. The number of aryl methyl sites for hydroxylation is 1. The van der Waals surface area contributed by atoms with E-state index in [2.05, 4.69) is 15.5 Å². The first-order valence-corrected chi connectivity index (χ1v) is 6.78. The van der Waals surface area contributed by atoms with Crippen LogP contribution >= 0.6 is 0 Å². The van der Waals surface area contributed by atoms with Crippen LogP contribution in [0, 0.1) is 6.92 Å². The van der Waals surface area contributed by atoms with Gasteiger partial charge in [0, 0.05) is 11.6 Å². The molecule has 21 heavy (non-hydrogen) atoms. The smallest absolute Gasteiger partial charge is 0.325 e. The molecule has 0 spiro atoms. The van der Waals surface area contributed by atoms with Gasteiger partial charge in [0.05, 0.1) is 16.6 Å². The van der Waals surface area contributed by atoms with Crippen LogP contribution in [0.3, 0.4) is 0 Å². The lowest BCUT2D eigenvalue weighted by Gasteiger charge is -2.10. The summed E-state index contributed by atoms with van der Waals surface area (Å²) in [5.74, 6) is -1.19. The second kappa shape index (κ2) is 4.83. The molecule has 0 radical (unpaired) electrons. The molecule has 2 N–H and O–H groups in total. The van der Waals surface area contributed by atoms with Crippen LogP contribution in [0.25, 0.3) is 11.1 Å². The molecule has 7 heteroatoms. The lowest BCUT2D eigenvalue weighted by Crippen LogP contribution is -2.38. The average molecular weight is 289 g/mol. The first kappa shape index (κ1) is 13.5. The molecule has 110 valence electrons. The van der Waals surface area contributed by atoms with E-state index in [1.165, 1.54) is 6.92 Å². The molecule has 1 saturated carbocycles. The highest BCUT2D eigenvalue weighted by molar-refractivity contribution is 6.07. The Balaban J connectivity index is 2.04. The number of aromatic nitrogens is 2. The largest absolute Gasteiger partial charge is 0.480 e. The van der Waals surface area contributed by atoms with Crippen molar-refractivity contribution in [1.82, 2.24) is 15.5 Å². The topological polar surface area (TPSA) is 105 Å². The van der Waals surface area contributed by atoms with E-state index in [1.54, 1.807) is 13.0 Å². The van der Waals surface area contributed by atoms with E-state index >= 15 is 0 Å². The Bertz CT molecular complexity index is 733. The number of pyridine rings is 1. The van der Waals surface area contributed by atoms with Gasteiger partial charge in [-0.3, -0.25) is 9.59 Å². The summed E-state index contributed by atoms with van der Waals surface area (Å²) in [7, 11) is 0. The summed E-state index contributed by atoms with van der Waals surface area (Å²) >= 11 is 0. The number of nitrogens with one attached hydrogen (secondary N) is 1. The van der Waals surface area contributed by atoms with Gasteiger partial charge in [0.25, 0.3) is 11.6 Å². The maximum atomic E-state index is 12.3. The minimum Gasteiger partial charge on any atom is -0.480 e. The zero-order chi connectivity index (χ0) is 15.1. The predicted octanol–water partition coefficient (Wildman–Crippen LogP) is 1.61. The zero-order valence-electron chi connectivity index (χ0n) is 11.7. The summed E-state index contributed by atoms with van der Waals surface area (Å²) in [4.78, 5) is 27.6. The van der Waals surface area contributed by atoms with Crippen LogP contribution in [0.2, 0.25) is 0 Å². The van der Waals surface area contributed by atoms with Gasteiger partial charge in [0.15, 0.2) is 0 Å². The van der Waals surface area contributed by atoms with Gasteiger partial charge in [0.2, 0.25) is 0 Å². The van der Waals surface area contributed by atoms with Gasteiger partial charge >= 0.3 is 5.97 Å². The second-order valence-corrected chi connectivity index (χ2v) is 5.35. The standard InChI is InChI=1S/C14H15N3O4/c1-6-11-9(12(18)15-7(2)14(19)20)5-10(8-3-4-8)16-13(11)21-17-6/h5,7-8H,3-4H2,1-2H3,(H,15,18)(H,19,20)/t7-/m0/s1. The number of fused-ring (bicyclic) bond motifs is 1. The van der Waals surface area contributed by atoms with E-state index < -0.39 is 17.9 Å². The highest BCUT2D eigenvalue weighted by atomic mass is 16.5. The van der Waals surface area contributed by atoms with Crippen molar-refractivity contribution in [3.8, 4) is 0 Å². The molecule has 0 unspecified atom stereocenters. The summed E-state index contributed by atoms with van der Waals surface area (Å²) in [5.41, 5.74) is 2.05. The molecule has 0 aromatic carbocycles. The molecule has 7 nitrogen and oxygen atoms in total. The van der Waals surface area contributed by atoms with Crippen LogP contribution in [-0.2, 0) is 4.79 Å². The fraction of sp³-hybridized carbons (Fsp3) is 0.429. The Morgan fingerprint density at radius 2 is 2.19 bits per heavy atom. The third-order valence-electron chi connectivity index (χ3n) is 3.60. The number of carboxylic acid groups (broad SMARTS) is 1. The first-order chi connectivity index (χ1) is 9.97. The van der Waals surface area contributed by atoms with Crippen molar-refractivity contribution >= 4 is 23.0 Å². The maximum absolute atomic E-state index is 12.3. The van der Waals surface area contributed by atoms with Crippen molar-refractivity contribution in [3.63, 3.8) is 0 Å². The second-order valence-electron chi connectivity index (χ2n) is 5.35. The summed E-state index contributed by atoms with van der Waals surface area (Å²) < 4.78 is 5.15. The Labute approximate surface area is 120 Å². The van der Waals surface area contributed by atoms with Crippen LogP contribution < -0.4 is 5.32 Å². The van der Waals surface area contributed by atoms with Gasteiger partial charge < -0.3 is 14.9 Å². The molecular weight excluding hydrogens is 274 g/mol. The number of amides is 1. The van der Waals surface area contributed by atoms with Crippen LogP contribution in [0.4, 0.5) is 0 Å². The predicted molar refractivity (Wildman–Crippen MR) is 73.1 cm³/mol. The molecule has 0 saturated heterocycles. The van der Waals surface area contributed by atoms with Crippen LogP contribution in [0.5, 0.6) is 0 Å². The van der Waals surface area contributed by atoms with Gasteiger partial charge in [-0.15, -0.1) is 0 Å². The highest BCUT2D eigenvalue weighted by Gasteiger charge is 2.29. The van der Waals surface area contributed by atoms with Crippen molar-refractivity contribution in [2.45, 2.75) is 38.6 Å². The van der Waals surface area contributed by atoms with Crippen LogP contribution in [-0.4, -0.2) is 33.2 Å². The molecular formula is C14H15N3O4. The molecule has 1 aliphatic rings. The first-order valence-electron chi connectivity index (χ1n) is 6.78. The summed E-state index contributed by atoms with van der Waals surface area (Å²) in [6.45, 7) is 3.14. The lowest BCUT2D eigenvalue weighted by molar-refractivity contribution is -0.138. The van der Waals surface area contributed by atoms with Gasteiger partial charge in [-0.1, -0.05) is 5.16 Å². The molecule has 1 fully saturated rings. The molecule has 2 aromatic heterocycles. The van der Waals surface area contributed by atoms with E-state index in [1.807, 2.05) is 0 Å². The summed E-state index contributed by atoms with van der Waals surface area (Å²) in [5, 5.41) is 15.7. The van der Waals surface area contributed by atoms with Crippen LogP contribution in [0.1, 0.15) is 47.4 Å². The highest BCUT2D eigenvalue weighted by Crippen LogP contribution is 2.40. The number of rotatable bonds is 4. The molecule has 2 heterocycles. The van der Waals surface area contributed by atoms with Gasteiger partial charge in [-0.25, -0.2) is 4.98 Å². The number of carboxylic acids is 1. The molecule has 3 rings (SSSR count). The molecule has 1 atom stereocenters. The number of aliphatic carboxylic acids is 1. The monoisotopic (exact) mass is 289 g/mol. The summed E-state index contributed by atoms with van der Waals surface area (Å²) in [6, 6.07) is 0.749. The van der Waals surface area contributed by atoms with Gasteiger partial charge in [0.1, 0.15) is 6.04 Å². The molecule has 0 aliphatic heterocycles. The SMILES string of the molecule is Cc1noc2nc(C3CC3)cc(C(=O)N[C@@H](C)C(=O)O)c12. The van der Waals surface area contributed by atoms with Gasteiger partial charge in [-0.2, -0.15) is 0 Å². The van der Waals surface area contributed by atoms with E-state index in [0.717, 1.165) is 18.5 Å². The average Bonchev–Trinajstić information content (AvgIpc) is 3.22. The Morgan fingerprint density at radius 3 is 2.81 bits per heavy atom. The van der Waals surface area contributed by atoms with E-state index in [4.69, 9.17) is 9.63 Å². The number of carbonyl (C=O) groups excluding carboxylic acids is 1. The Morgan fingerprint density at radius 1 is 1.48 bits per heavy atom. The normalized spacial score (nSPS) is 15.9. The molecule has 2 aromatic rings. The number of hydrogen-bond donors (Lipinski definition) is 2. The molecule has 1 amide bonds. The number of carbonyl (C=O) groups is 2. The van der Waals surface area contributed by atoms with Crippen LogP contribution in [0.15, 0.2) is 10.6 Å². The zero-order valence-corrected chi connectivity index (χ0v) is 11.7. The lowest BCUT2D eigenvalue weighted by atomic mass is 10.1. The fourth-order valence-corrected chi connectivity index (χ4v) is 2.22. The van der Waals surface area contributed by atoms with Crippen molar-refractivity contribution in [2.24, 2.45) is 0 Å². The Hall–Kier alpha value is -2.44. The van der Waals surface area contributed by atoms with E-state index in [0.29, 0.717) is 28.3 Å². The molecule has 1 aliphatic carbocycles. The quantitative estimate of drug-likeness (QED) is 0.885. The minimum atomic E-state index is -1.09. The van der Waals surface area contributed by atoms with E-state index in [-0.39, 0.29) is 0 Å². The van der Waals surface area contributed by atoms with Gasteiger partial charge in [-0.05, 0) is 32.8 Å². The van der Waals surface area contributed by atoms with Crippen molar-refractivity contribution in [1.29, 1.82) is 0 Å². The third-order valence-corrected chi connectivity index (χ3v) is 3.60. The molecule has 0 bridgehead atoms. The minimum absolute atomic E-state index is 0.324. The fourth-order valence-electron chi connectivity index (χ4n) is 2.22. The van der Waals surface area contributed by atoms with E-state index in [9.17, 15) is 9.59 Å². The maximum Gasteiger partial charge on any atom is 0.325 e. The summed E-state index contributed by atoms with van der Waals surface area (Å²) in [6.07, 6.45) is 2.08. The Kier molecular flexibility index (Phi) is 3.12.